The quantitative estimate of drug-likeness (QED) is 0.718. The highest BCUT2D eigenvalue weighted by atomic mass is 79.9. The highest BCUT2D eigenvalue weighted by Gasteiger charge is 2.10. The van der Waals surface area contributed by atoms with Crippen molar-refractivity contribution in [2.45, 2.75) is 45.7 Å². The molecule has 0 spiro atoms. The van der Waals surface area contributed by atoms with E-state index in [1.165, 1.54) is 5.56 Å². The van der Waals surface area contributed by atoms with Gasteiger partial charge in [-0.25, -0.2) is 4.98 Å². The number of aryl methyl sites for hydroxylation is 1. The number of benzene rings is 1. The number of unbranched alkanes of at least 4 members (excludes halogenated alkanes) is 1. The monoisotopic (exact) mass is 369 g/mol. The summed E-state index contributed by atoms with van der Waals surface area (Å²) >= 11 is 9.64. The fourth-order valence-corrected chi connectivity index (χ4v) is 2.62. The van der Waals surface area contributed by atoms with Crippen LogP contribution in [0.15, 0.2) is 28.7 Å². The lowest BCUT2D eigenvalue weighted by molar-refractivity contribution is 0.568. The van der Waals surface area contributed by atoms with Crippen molar-refractivity contribution in [3.05, 3.63) is 51.0 Å². The minimum absolute atomic E-state index is 0.261. The predicted molar refractivity (Wildman–Crippen MR) is 91.6 cm³/mol. The largest absolute Gasteiger partial charge is 0.344 e. The van der Waals surface area contributed by atoms with Crippen molar-refractivity contribution in [1.29, 1.82) is 0 Å². The van der Waals surface area contributed by atoms with Gasteiger partial charge in [-0.2, -0.15) is 0 Å². The number of imidazole rings is 1. The third-order valence-electron chi connectivity index (χ3n) is 3.50. The molecule has 0 saturated heterocycles. The molecule has 1 aromatic carbocycles. The van der Waals surface area contributed by atoms with Gasteiger partial charge < -0.3 is 10.3 Å². The number of hydrogen-bond donors (Lipinski definition) is 2. The zero-order valence-corrected chi connectivity index (χ0v) is 14.8. The third kappa shape index (κ3) is 4.83. The van der Waals surface area contributed by atoms with Crippen LogP contribution >= 0.6 is 27.5 Å². The summed E-state index contributed by atoms with van der Waals surface area (Å²) in [6, 6.07) is 8.60. The first-order valence-electron chi connectivity index (χ1n) is 7.32. The zero-order chi connectivity index (χ0) is 15.2. The van der Waals surface area contributed by atoms with Gasteiger partial charge in [0.2, 0.25) is 0 Å². The molecule has 1 aromatic heterocycles. The van der Waals surface area contributed by atoms with Crippen LogP contribution in [0.25, 0.3) is 0 Å². The summed E-state index contributed by atoms with van der Waals surface area (Å²) < 4.78 is 1.09. The number of nitrogens with zero attached hydrogens (tertiary/aromatic N) is 1. The standard InChI is InChI=1S/C16H21BrClN3/c1-3-4-5-15-20-14(16(18)21-15)10-19-11(2)12-6-8-13(17)9-7-12/h6-9,11,19H,3-5,10H2,1-2H3,(H,20,21)/t11-/m1/s1. The summed E-state index contributed by atoms with van der Waals surface area (Å²) in [5, 5.41) is 4.05. The minimum atomic E-state index is 0.261. The molecule has 0 unspecified atom stereocenters. The minimum Gasteiger partial charge on any atom is -0.344 e. The van der Waals surface area contributed by atoms with Crippen molar-refractivity contribution in [2.75, 3.05) is 0 Å². The van der Waals surface area contributed by atoms with Crippen molar-refractivity contribution in [3.8, 4) is 0 Å². The van der Waals surface area contributed by atoms with E-state index < -0.39 is 0 Å². The molecule has 1 heterocycles. The van der Waals surface area contributed by atoms with Crippen LogP contribution in [-0.4, -0.2) is 9.97 Å². The summed E-state index contributed by atoms with van der Waals surface area (Å²) in [5.74, 6) is 0.981. The van der Waals surface area contributed by atoms with Gasteiger partial charge in [0.1, 0.15) is 5.82 Å². The first-order valence-corrected chi connectivity index (χ1v) is 8.49. The molecule has 0 fully saturated rings. The summed E-state index contributed by atoms with van der Waals surface area (Å²) in [6.45, 7) is 5.01. The smallest absolute Gasteiger partial charge is 0.151 e. The Morgan fingerprint density at radius 1 is 1.33 bits per heavy atom. The van der Waals surface area contributed by atoms with Gasteiger partial charge in [0.15, 0.2) is 5.15 Å². The molecule has 0 amide bonds. The molecule has 5 heteroatoms. The Morgan fingerprint density at radius 3 is 2.71 bits per heavy atom. The molecular weight excluding hydrogens is 350 g/mol. The second-order valence-corrected chi connectivity index (χ2v) is 6.48. The van der Waals surface area contributed by atoms with Gasteiger partial charge >= 0.3 is 0 Å². The van der Waals surface area contributed by atoms with Gasteiger partial charge in [-0.05, 0) is 31.0 Å². The van der Waals surface area contributed by atoms with E-state index in [0.29, 0.717) is 11.7 Å². The van der Waals surface area contributed by atoms with Crippen molar-refractivity contribution in [1.82, 2.24) is 15.3 Å². The number of aromatic nitrogens is 2. The van der Waals surface area contributed by atoms with E-state index in [9.17, 15) is 0 Å². The molecule has 2 N–H and O–H groups in total. The van der Waals surface area contributed by atoms with Gasteiger partial charge in [-0.1, -0.05) is 53.0 Å². The predicted octanol–water partition coefficient (Wildman–Crippen LogP) is 5.02. The van der Waals surface area contributed by atoms with E-state index in [4.69, 9.17) is 11.6 Å². The summed E-state index contributed by atoms with van der Waals surface area (Å²) in [6.07, 6.45) is 3.25. The molecule has 2 rings (SSSR count). The first-order chi connectivity index (χ1) is 10.1. The average Bonchev–Trinajstić information content (AvgIpc) is 2.83. The maximum atomic E-state index is 6.19. The van der Waals surface area contributed by atoms with Crippen molar-refractivity contribution < 1.29 is 0 Å². The molecular formula is C16H21BrClN3. The van der Waals surface area contributed by atoms with Crippen LogP contribution in [0.4, 0.5) is 0 Å². The topological polar surface area (TPSA) is 40.7 Å². The Hall–Kier alpha value is -0.840. The van der Waals surface area contributed by atoms with Crippen molar-refractivity contribution >= 4 is 27.5 Å². The maximum absolute atomic E-state index is 6.19. The van der Waals surface area contributed by atoms with Crippen LogP contribution in [0.2, 0.25) is 5.15 Å². The molecule has 0 aliphatic rings. The lowest BCUT2D eigenvalue weighted by Crippen LogP contribution is -2.18. The highest BCUT2D eigenvalue weighted by molar-refractivity contribution is 9.10. The molecule has 0 aliphatic heterocycles. The van der Waals surface area contributed by atoms with E-state index in [2.05, 4.69) is 69.3 Å². The Bertz CT molecular complexity index is 565. The molecule has 2 aromatic rings. The fraction of sp³-hybridized carbons (Fsp3) is 0.438. The lowest BCUT2D eigenvalue weighted by Gasteiger charge is -2.13. The lowest BCUT2D eigenvalue weighted by atomic mass is 10.1. The van der Waals surface area contributed by atoms with E-state index in [-0.39, 0.29) is 6.04 Å². The van der Waals surface area contributed by atoms with Crippen LogP contribution in [0.3, 0.4) is 0 Å². The number of halogens is 2. The highest BCUT2D eigenvalue weighted by Crippen LogP contribution is 2.19. The van der Waals surface area contributed by atoms with Crippen LogP contribution < -0.4 is 5.32 Å². The van der Waals surface area contributed by atoms with E-state index in [1.807, 2.05) is 0 Å². The van der Waals surface area contributed by atoms with Gasteiger partial charge in [-0.15, -0.1) is 0 Å². The third-order valence-corrected chi connectivity index (χ3v) is 4.34. The number of H-pyrrole nitrogens is 1. The molecule has 0 radical (unpaired) electrons. The number of nitrogens with one attached hydrogen (secondary N) is 2. The average molecular weight is 371 g/mol. The normalized spacial score (nSPS) is 12.6. The van der Waals surface area contributed by atoms with Gasteiger partial charge in [0.25, 0.3) is 0 Å². The van der Waals surface area contributed by atoms with Crippen molar-refractivity contribution in [2.24, 2.45) is 0 Å². The number of rotatable bonds is 7. The summed E-state index contributed by atoms with van der Waals surface area (Å²) in [5.41, 5.74) is 2.21. The second-order valence-electron chi connectivity index (χ2n) is 5.21. The first kappa shape index (κ1) is 16.5. The molecule has 3 nitrogen and oxygen atoms in total. The van der Waals surface area contributed by atoms with E-state index in [1.54, 1.807) is 0 Å². The van der Waals surface area contributed by atoms with Gasteiger partial charge in [0.05, 0.1) is 5.69 Å². The maximum Gasteiger partial charge on any atom is 0.151 e. The van der Waals surface area contributed by atoms with Gasteiger partial charge in [0, 0.05) is 23.5 Å². The van der Waals surface area contributed by atoms with E-state index >= 15 is 0 Å². The number of aromatic amines is 1. The Morgan fingerprint density at radius 2 is 2.05 bits per heavy atom. The molecule has 21 heavy (non-hydrogen) atoms. The summed E-state index contributed by atoms with van der Waals surface area (Å²) in [7, 11) is 0. The summed E-state index contributed by atoms with van der Waals surface area (Å²) in [4.78, 5) is 7.69. The SMILES string of the molecule is CCCCc1nc(Cl)c(CN[C@H](C)c2ccc(Br)cc2)[nH]1. The van der Waals surface area contributed by atoms with Crippen LogP contribution in [0.5, 0.6) is 0 Å². The van der Waals surface area contributed by atoms with Crippen LogP contribution in [0.1, 0.15) is 49.8 Å². The second kappa shape index (κ2) is 7.97. The number of hydrogen-bond acceptors (Lipinski definition) is 2. The Balaban J connectivity index is 1.93. The molecule has 0 saturated carbocycles. The van der Waals surface area contributed by atoms with E-state index in [0.717, 1.165) is 35.3 Å². The molecule has 114 valence electrons. The molecule has 0 bridgehead atoms. The fourth-order valence-electron chi connectivity index (χ4n) is 2.14. The van der Waals surface area contributed by atoms with Gasteiger partial charge in [-0.3, -0.25) is 0 Å². The van der Waals surface area contributed by atoms with Crippen LogP contribution in [0, 0.1) is 0 Å². The Kier molecular flexibility index (Phi) is 6.27. The molecule has 1 atom stereocenters. The zero-order valence-electron chi connectivity index (χ0n) is 12.4. The molecule has 0 aliphatic carbocycles. The van der Waals surface area contributed by atoms with Crippen LogP contribution in [-0.2, 0) is 13.0 Å². The van der Waals surface area contributed by atoms with Crippen molar-refractivity contribution in [3.63, 3.8) is 0 Å². The Labute approximate surface area is 139 Å².